The highest BCUT2D eigenvalue weighted by atomic mass is 16.5. The molecule has 15 heavy (non-hydrogen) atoms. The van der Waals surface area contributed by atoms with Crippen molar-refractivity contribution in [2.24, 2.45) is 0 Å². The molecule has 0 bridgehead atoms. The van der Waals surface area contributed by atoms with Gasteiger partial charge in [0.25, 0.3) is 0 Å². The van der Waals surface area contributed by atoms with Crippen molar-refractivity contribution in [3.8, 4) is 5.75 Å². The molecule has 0 aliphatic carbocycles. The molecule has 0 atom stereocenters. The fourth-order valence-corrected chi connectivity index (χ4v) is 1.57. The summed E-state index contributed by atoms with van der Waals surface area (Å²) in [6.45, 7) is 0. The maximum absolute atomic E-state index is 5.30. The predicted octanol–water partition coefficient (Wildman–Crippen LogP) is 2.68. The van der Waals surface area contributed by atoms with Gasteiger partial charge in [0.2, 0.25) is 0 Å². The van der Waals surface area contributed by atoms with Gasteiger partial charge in [0.1, 0.15) is 5.75 Å². The molecule has 0 radical (unpaired) electrons. The molecular weight excluding hydrogens is 186 g/mol. The van der Waals surface area contributed by atoms with E-state index in [0.717, 1.165) is 12.2 Å². The number of hydrogen-bond donors (Lipinski definition) is 0. The van der Waals surface area contributed by atoms with Crippen molar-refractivity contribution in [1.82, 2.24) is 4.98 Å². The maximum Gasteiger partial charge on any atom is 0.122 e. The number of methoxy groups -OCH3 is 1. The Morgan fingerprint density at radius 3 is 2.53 bits per heavy atom. The van der Waals surface area contributed by atoms with E-state index in [-0.39, 0.29) is 0 Å². The molecule has 0 fully saturated rings. The van der Waals surface area contributed by atoms with Crippen molar-refractivity contribution in [1.29, 1.82) is 0 Å². The highest BCUT2D eigenvalue weighted by molar-refractivity contribution is 5.36. The van der Waals surface area contributed by atoms with Gasteiger partial charge in [-0.3, -0.25) is 4.98 Å². The SMILES string of the molecule is COc1ccccc1Cc1ccncc1. The van der Waals surface area contributed by atoms with Gasteiger partial charge in [0, 0.05) is 18.8 Å². The quantitative estimate of drug-likeness (QED) is 0.758. The molecule has 2 nitrogen and oxygen atoms in total. The molecule has 0 aliphatic heterocycles. The Morgan fingerprint density at radius 2 is 1.80 bits per heavy atom. The number of pyridine rings is 1. The zero-order valence-electron chi connectivity index (χ0n) is 8.68. The molecule has 0 amide bonds. The third-order valence-electron chi connectivity index (χ3n) is 2.34. The Morgan fingerprint density at radius 1 is 1.07 bits per heavy atom. The van der Waals surface area contributed by atoms with Crippen LogP contribution in [0, 0.1) is 0 Å². The van der Waals surface area contributed by atoms with Gasteiger partial charge in [-0.15, -0.1) is 0 Å². The van der Waals surface area contributed by atoms with Crippen molar-refractivity contribution in [3.63, 3.8) is 0 Å². The Kier molecular flexibility index (Phi) is 2.98. The summed E-state index contributed by atoms with van der Waals surface area (Å²) in [5.41, 5.74) is 2.45. The molecule has 0 aliphatic rings. The van der Waals surface area contributed by atoms with E-state index < -0.39 is 0 Å². The lowest BCUT2D eigenvalue weighted by molar-refractivity contribution is 0.410. The lowest BCUT2D eigenvalue weighted by Gasteiger charge is -2.07. The van der Waals surface area contributed by atoms with Crippen molar-refractivity contribution >= 4 is 0 Å². The van der Waals surface area contributed by atoms with E-state index in [4.69, 9.17) is 4.74 Å². The van der Waals surface area contributed by atoms with Gasteiger partial charge >= 0.3 is 0 Å². The molecule has 2 rings (SSSR count). The molecule has 0 saturated carbocycles. The average molecular weight is 199 g/mol. The fraction of sp³-hybridized carbons (Fsp3) is 0.154. The van der Waals surface area contributed by atoms with Crippen molar-refractivity contribution in [2.45, 2.75) is 6.42 Å². The van der Waals surface area contributed by atoms with Crippen molar-refractivity contribution in [2.75, 3.05) is 7.11 Å². The Labute approximate surface area is 89.6 Å². The van der Waals surface area contributed by atoms with Crippen LogP contribution in [-0.4, -0.2) is 12.1 Å². The molecule has 2 heteroatoms. The molecular formula is C13H13NO. The van der Waals surface area contributed by atoms with E-state index in [0.29, 0.717) is 0 Å². The van der Waals surface area contributed by atoms with Crippen LogP contribution in [0.1, 0.15) is 11.1 Å². The molecule has 0 saturated heterocycles. The summed E-state index contributed by atoms with van der Waals surface area (Å²) in [6, 6.07) is 12.1. The van der Waals surface area contributed by atoms with Crippen LogP contribution >= 0.6 is 0 Å². The summed E-state index contributed by atoms with van der Waals surface area (Å²) in [6.07, 6.45) is 4.50. The fourth-order valence-electron chi connectivity index (χ4n) is 1.57. The van der Waals surface area contributed by atoms with Gasteiger partial charge in [-0.05, 0) is 29.3 Å². The molecule has 0 unspecified atom stereocenters. The zero-order chi connectivity index (χ0) is 10.5. The van der Waals surface area contributed by atoms with Crippen LogP contribution in [0.25, 0.3) is 0 Å². The second kappa shape index (κ2) is 4.60. The van der Waals surface area contributed by atoms with E-state index in [9.17, 15) is 0 Å². The predicted molar refractivity (Wildman–Crippen MR) is 60.0 cm³/mol. The molecule has 2 aromatic rings. The minimum Gasteiger partial charge on any atom is -0.496 e. The van der Waals surface area contributed by atoms with E-state index in [1.54, 1.807) is 7.11 Å². The number of para-hydroxylation sites is 1. The third kappa shape index (κ3) is 2.34. The zero-order valence-corrected chi connectivity index (χ0v) is 8.68. The standard InChI is InChI=1S/C13H13NO/c1-15-13-5-3-2-4-12(13)10-11-6-8-14-9-7-11/h2-9H,10H2,1H3. The lowest BCUT2D eigenvalue weighted by atomic mass is 10.1. The highest BCUT2D eigenvalue weighted by Gasteiger charge is 2.01. The van der Waals surface area contributed by atoms with E-state index in [1.165, 1.54) is 11.1 Å². The van der Waals surface area contributed by atoms with Crippen LogP contribution in [0.5, 0.6) is 5.75 Å². The van der Waals surface area contributed by atoms with E-state index in [1.807, 2.05) is 42.7 Å². The smallest absolute Gasteiger partial charge is 0.122 e. The van der Waals surface area contributed by atoms with Crippen molar-refractivity contribution in [3.05, 3.63) is 59.9 Å². The van der Waals surface area contributed by atoms with Crippen LogP contribution in [0.15, 0.2) is 48.8 Å². The number of benzene rings is 1. The minimum atomic E-state index is 0.881. The Hall–Kier alpha value is -1.83. The lowest BCUT2D eigenvalue weighted by Crippen LogP contribution is -1.93. The molecule has 1 aromatic carbocycles. The van der Waals surface area contributed by atoms with Gasteiger partial charge in [-0.25, -0.2) is 0 Å². The maximum atomic E-state index is 5.30. The molecule has 1 aromatic heterocycles. The first kappa shape index (κ1) is 9.71. The average Bonchev–Trinajstić information content (AvgIpc) is 2.31. The summed E-state index contributed by atoms with van der Waals surface area (Å²) in [5, 5.41) is 0. The molecule has 76 valence electrons. The first-order valence-corrected chi connectivity index (χ1v) is 4.91. The third-order valence-corrected chi connectivity index (χ3v) is 2.34. The van der Waals surface area contributed by atoms with Crippen molar-refractivity contribution < 1.29 is 4.74 Å². The first-order chi connectivity index (χ1) is 7.40. The van der Waals surface area contributed by atoms with Crippen LogP contribution in [0.2, 0.25) is 0 Å². The van der Waals surface area contributed by atoms with Gasteiger partial charge in [-0.1, -0.05) is 18.2 Å². The monoisotopic (exact) mass is 199 g/mol. The van der Waals surface area contributed by atoms with Crippen LogP contribution in [-0.2, 0) is 6.42 Å². The normalized spacial score (nSPS) is 9.93. The second-order valence-corrected chi connectivity index (χ2v) is 3.34. The van der Waals surface area contributed by atoms with Gasteiger partial charge < -0.3 is 4.74 Å². The van der Waals surface area contributed by atoms with Gasteiger partial charge in [0.05, 0.1) is 7.11 Å². The van der Waals surface area contributed by atoms with Gasteiger partial charge in [0.15, 0.2) is 0 Å². The number of rotatable bonds is 3. The molecule has 0 N–H and O–H groups in total. The minimum absolute atomic E-state index is 0.881. The summed E-state index contributed by atoms with van der Waals surface area (Å²) in [4.78, 5) is 4.00. The Bertz CT molecular complexity index is 426. The van der Waals surface area contributed by atoms with E-state index in [2.05, 4.69) is 11.1 Å². The highest BCUT2D eigenvalue weighted by Crippen LogP contribution is 2.20. The summed E-state index contributed by atoms with van der Waals surface area (Å²) >= 11 is 0. The number of hydrogen-bond acceptors (Lipinski definition) is 2. The van der Waals surface area contributed by atoms with Gasteiger partial charge in [-0.2, -0.15) is 0 Å². The summed E-state index contributed by atoms with van der Waals surface area (Å²) < 4.78 is 5.30. The van der Waals surface area contributed by atoms with Crippen LogP contribution in [0.4, 0.5) is 0 Å². The first-order valence-electron chi connectivity index (χ1n) is 4.91. The van der Waals surface area contributed by atoms with Crippen LogP contribution < -0.4 is 4.74 Å². The summed E-state index contributed by atoms with van der Waals surface area (Å²) in [7, 11) is 1.70. The second-order valence-electron chi connectivity index (χ2n) is 3.34. The number of ether oxygens (including phenoxy) is 1. The van der Waals surface area contributed by atoms with Crippen LogP contribution in [0.3, 0.4) is 0 Å². The topological polar surface area (TPSA) is 22.1 Å². The van der Waals surface area contributed by atoms with E-state index >= 15 is 0 Å². The summed E-state index contributed by atoms with van der Waals surface area (Å²) in [5.74, 6) is 0.939. The Balaban J connectivity index is 2.24. The largest absolute Gasteiger partial charge is 0.496 e. The number of aromatic nitrogens is 1. The number of nitrogens with zero attached hydrogens (tertiary/aromatic N) is 1. The molecule has 1 heterocycles. The molecule has 0 spiro atoms.